The number of anilines is 3. The number of hydrogen-bond donors (Lipinski definition) is 0. The van der Waals surface area contributed by atoms with Crippen LogP contribution in [0.3, 0.4) is 0 Å². The molecule has 54 heavy (non-hydrogen) atoms. The highest BCUT2D eigenvalue weighted by atomic mass is 32.1. The zero-order valence-corrected chi connectivity index (χ0v) is 29.7. The van der Waals surface area contributed by atoms with Gasteiger partial charge in [0.2, 0.25) is 0 Å². The van der Waals surface area contributed by atoms with Crippen LogP contribution in [0.1, 0.15) is 0 Å². The van der Waals surface area contributed by atoms with E-state index in [9.17, 15) is 0 Å². The molecule has 0 saturated heterocycles. The van der Waals surface area contributed by atoms with Crippen molar-refractivity contribution < 1.29 is 8.83 Å². The Morgan fingerprint density at radius 2 is 1.04 bits per heavy atom. The Labute approximate surface area is 313 Å². The molecule has 0 radical (unpaired) electrons. The van der Waals surface area contributed by atoms with Crippen molar-refractivity contribution in [2.45, 2.75) is 0 Å². The molecule has 4 heteroatoms. The molecule has 0 bridgehead atoms. The molecular formula is C50H29NO2S. The Kier molecular flexibility index (Phi) is 6.21. The van der Waals surface area contributed by atoms with Gasteiger partial charge in [0.05, 0.1) is 10.4 Å². The zero-order chi connectivity index (χ0) is 35.3. The largest absolute Gasteiger partial charge is 0.456 e. The van der Waals surface area contributed by atoms with Gasteiger partial charge in [0, 0.05) is 48.4 Å². The van der Waals surface area contributed by atoms with Gasteiger partial charge in [0.1, 0.15) is 22.3 Å². The van der Waals surface area contributed by atoms with E-state index in [1.165, 1.54) is 47.4 Å². The fourth-order valence-electron chi connectivity index (χ4n) is 8.63. The van der Waals surface area contributed by atoms with Crippen LogP contribution in [0.25, 0.3) is 96.7 Å². The number of nitrogens with zero attached hydrogens (tertiary/aromatic N) is 1. The van der Waals surface area contributed by atoms with Crippen LogP contribution in [0.5, 0.6) is 0 Å². The van der Waals surface area contributed by atoms with Crippen LogP contribution in [0.2, 0.25) is 0 Å². The average Bonchev–Trinajstić information content (AvgIpc) is 3.92. The normalized spacial score (nSPS) is 12.1. The van der Waals surface area contributed by atoms with Crippen molar-refractivity contribution in [2.24, 2.45) is 0 Å². The summed E-state index contributed by atoms with van der Waals surface area (Å²) in [6.07, 6.45) is 0. The predicted molar refractivity (Wildman–Crippen MR) is 229 cm³/mol. The Morgan fingerprint density at radius 1 is 0.389 bits per heavy atom. The van der Waals surface area contributed by atoms with E-state index in [0.29, 0.717) is 0 Å². The van der Waals surface area contributed by atoms with Gasteiger partial charge in [0.15, 0.2) is 0 Å². The number of thiophene rings is 1. The van der Waals surface area contributed by atoms with Crippen molar-refractivity contribution >= 4 is 114 Å². The van der Waals surface area contributed by atoms with Gasteiger partial charge in [-0.15, -0.1) is 11.3 Å². The van der Waals surface area contributed by atoms with Gasteiger partial charge < -0.3 is 13.7 Å². The Bertz CT molecular complexity index is 3460. The Hall–Kier alpha value is -6.88. The first-order valence-corrected chi connectivity index (χ1v) is 19.1. The van der Waals surface area contributed by atoms with E-state index >= 15 is 0 Å². The van der Waals surface area contributed by atoms with Gasteiger partial charge in [-0.3, -0.25) is 0 Å². The molecule has 3 nitrogen and oxygen atoms in total. The fraction of sp³-hybridized carbons (Fsp3) is 0. The molecule has 12 rings (SSSR count). The van der Waals surface area contributed by atoms with Crippen molar-refractivity contribution in [3.63, 3.8) is 0 Å². The summed E-state index contributed by atoms with van der Waals surface area (Å²) in [7, 11) is 0. The summed E-state index contributed by atoms with van der Waals surface area (Å²) in [6.45, 7) is 0. The molecule has 0 fully saturated rings. The molecule has 252 valence electrons. The fourth-order valence-corrected chi connectivity index (χ4v) is 9.84. The van der Waals surface area contributed by atoms with E-state index in [0.717, 1.165) is 66.4 Å². The van der Waals surface area contributed by atoms with Gasteiger partial charge in [-0.05, 0) is 93.3 Å². The van der Waals surface area contributed by atoms with Crippen LogP contribution in [0, 0.1) is 0 Å². The lowest BCUT2D eigenvalue weighted by Gasteiger charge is -2.27. The maximum absolute atomic E-state index is 6.50. The van der Waals surface area contributed by atoms with Crippen molar-refractivity contribution in [3.05, 3.63) is 176 Å². The first-order chi connectivity index (χ1) is 26.8. The molecule has 3 aromatic heterocycles. The van der Waals surface area contributed by atoms with Gasteiger partial charge >= 0.3 is 0 Å². The molecule has 3 heterocycles. The minimum absolute atomic E-state index is 0.861. The molecule has 0 unspecified atom stereocenters. The van der Waals surface area contributed by atoms with E-state index in [4.69, 9.17) is 8.83 Å². The quantitative estimate of drug-likeness (QED) is 0.171. The summed E-state index contributed by atoms with van der Waals surface area (Å²) >= 11 is 1.86. The predicted octanol–water partition coefficient (Wildman–Crippen LogP) is 15.3. The number of hydrogen-bond acceptors (Lipinski definition) is 4. The SMILES string of the molecule is c1ccc2c(c1)ccc1cc(N(c3ccc(-c4cccc5oc6ccc7oc8ccccc8c7c6c45)cc3)c3cccc4c3sc3ccccc34)ccc12. The van der Waals surface area contributed by atoms with Gasteiger partial charge in [-0.1, -0.05) is 115 Å². The lowest BCUT2D eigenvalue weighted by atomic mass is 9.97. The lowest BCUT2D eigenvalue weighted by molar-refractivity contribution is 0.663. The van der Waals surface area contributed by atoms with E-state index < -0.39 is 0 Å². The number of furan rings is 2. The lowest BCUT2D eigenvalue weighted by Crippen LogP contribution is -2.10. The minimum Gasteiger partial charge on any atom is -0.456 e. The summed E-state index contributed by atoms with van der Waals surface area (Å²) in [4.78, 5) is 2.42. The third-order valence-corrected chi connectivity index (χ3v) is 12.3. The molecule has 0 aliphatic carbocycles. The molecule has 0 aliphatic rings. The van der Waals surface area contributed by atoms with Crippen LogP contribution in [-0.2, 0) is 0 Å². The van der Waals surface area contributed by atoms with Gasteiger partial charge in [-0.25, -0.2) is 0 Å². The van der Waals surface area contributed by atoms with Crippen LogP contribution in [0.4, 0.5) is 17.1 Å². The minimum atomic E-state index is 0.861. The second-order valence-electron chi connectivity index (χ2n) is 14.0. The summed E-state index contributed by atoms with van der Waals surface area (Å²) in [5, 5.41) is 11.9. The highest BCUT2D eigenvalue weighted by Gasteiger charge is 2.21. The summed E-state index contributed by atoms with van der Waals surface area (Å²) < 4.78 is 15.4. The highest BCUT2D eigenvalue weighted by Crippen LogP contribution is 2.47. The molecule has 0 aliphatic heterocycles. The van der Waals surface area contributed by atoms with Crippen LogP contribution in [0.15, 0.2) is 185 Å². The number of rotatable bonds is 4. The molecule has 12 aromatic rings. The van der Waals surface area contributed by atoms with E-state index in [2.05, 4.69) is 157 Å². The summed E-state index contributed by atoms with van der Waals surface area (Å²) in [6, 6.07) is 63.1. The molecule has 0 N–H and O–H groups in total. The Balaban J connectivity index is 1.07. The zero-order valence-electron chi connectivity index (χ0n) is 28.9. The van der Waals surface area contributed by atoms with Gasteiger partial charge in [-0.2, -0.15) is 0 Å². The maximum Gasteiger partial charge on any atom is 0.136 e. The monoisotopic (exact) mass is 707 g/mol. The van der Waals surface area contributed by atoms with Crippen LogP contribution in [-0.4, -0.2) is 0 Å². The number of fused-ring (bicyclic) bond motifs is 13. The van der Waals surface area contributed by atoms with Crippen molar-refractivity contribution in [1.82, 2.24) is 0 Å². The molecule has 0 atom stereocenters. The van der Waals surface area contributed by atoms with E-state index in [1.54, 1.807) is 0 Å². The molecule has 9 aromatic carbocycles. The van der Waals surface area contributed by atoms with Crippen molar-refractivity contribution in [1.29, 1.82) is 0 Å². The first-order valence-electron chi connectivity index (χ1n) is 18.2. The van der Waals surface area contributed by atoms with Crippen LogP contribution >= 0.6 is 11.3 Å². The summed E-state index contributed by atoms with van der Waals surface area (Å²) in [5.74, 6) is 0. The van der Waals surface area contributed by atoms with Gasteiger partial charge in [0.25, 0.3) is 0 Å². The summed E-state index contributed by atoms with van der Waals surface area (Å²) in [5.41, 5.74) is 9.11. The number of para-hydroxylation sites is 1. The van der Waals surface area contributed by atoms with Crippen LogP contribution < -0.4 is 4.90 Å². The second kappa shape index (κ2) is 11.3. The van der Waals surface area contributed by atoms with E-state index in [1.807, 2.05) is 35.6 Å². The smallest absolute Gasteiger partial charge is 0.136 e. The number of benzene rings is 9. The maximum atomic E-state index is 6.50. The van der Waals surface area contributed by atoms with Crippen molar-refractivity contribution in [3.8, 4) is 11.1 Å². The first kappa shape index (κ1) is 29.7. The third kappa shape index (κ3) is 4.29. The molecule has 0 amide bonds. The third-order valence-electron chi connectivity index (χ3n) is 11.0. The topological polar surface area (TPSA) is 29.5 Å². The molecular weight excluding hydrogens is 679 g/mol. The molecule has 0 saturated carbocycles. The second-order valence-corrected chi connectivity index (χ2v) is 15.1. The Morgan fingerprint density at radius 3 is 1.94 bits per heavy atom. The highest BCUT2D eigenvalue weighted by molar-refractivity contribution is 7.26. The standard InChI is InChI=1S/C50H29NO2S/c1-2-10-35-30(9-1)19-20-32-29-34(25-26-36(32)35)51(41-15-7-14-39-38-11-4-6-18-46(38)54-50(39)41)33-23-21-31(22-24-33)37-13-8-17-43-47(37)49-45(53-43)28-27-44-48(49)40-12-3-5-16-42(40)52-44/h1-29H. The average molecular weight is 708 g/mol. The van der Waals surface area contributed by atoms with Crippen molar-refractivity contribution in [2.75, 3.05) is 4.90 Å². The van der Waals surface area contributed by atoms with E-state index in [-0.39, 0.29) is 0 Å². The molecule has 0 spiro atoms.